The van der Waals surface area contributed by atoms with Gasteiger partial charge in [-0.1, -0.05) is 0 Å². The second-order valence-electron chi connectivity index (χ2n) is 5.55. The van der Waals surface area contributed by atoms with Crippen molar-refractivity contribution in [1.29, 1.82) is 0 Å². The van der Waals surface area contributed by atoms with E-state index in [1.807, 2.05) is 0 Å². The topological polar surface area (TPSA) is 122 Å². The highest BCUT2D eigenvalue weighted by Gasteiger charge is 2.16. The number of hydrogen-bond donors (Lipinski definition) is 0. The molecule has 3 aromatic heterocycles. The summed E-state index contributed by atoms with van der Waals surface area (Å²) in [5.74, 6) is -1.03. The fraction of sp³-hybridized carbons (Fsp3) is 0. The lowest BCUT2D eigenvalue weighted by molar-refractivity contribution is 0.0701. The molecule has 0 aliphatic carbocycles. The molecule has 0 fully saturated rings. The number of carbonyl (C=O) groups excluding carboxylic acids is 2. The lowest BCUT2D eigenvalue weighted by Gasteiger charge is -2.09. The Morgan fingerprint density at radius 2 is 1.90 bits per heavy atom. The van der Waals surface area contributed by atoms with Crippen molar-refractivity contribution < 1.29 is 27.9 Å². The van der Waals surface area contributed by atoms with E-state index in [1.165, 1.54) is 66.6 Å². The molecule has 0 N–H and O–H groups in total. The van der Waals surface area contributed by atoms with E-state index in [9.17, 15) is 9.59 Å². The summed E-state index contributed by atoms with van der Waals surface area (Å²) < 4.78 is 22.0. The average Bonchev–Trinajstić information content (AvgIpc) is 3.51. The second kappa shape index (κ2) is 8.05. The Kier molecular flexibility index (Phi) is 4.97. The van der Waals surface area contributed by atoms with E-state index in [2.05, 4.69) is 15.3 Å². The van der Waals surface area contributed by atoms with Crippen LogP contribution < -0.4 is 9.47 Å². The minimum atomic E-state index is -0.716. The highest BCUT2D eigenvalue weighted by Crippen LogP contribution is 2.26. The van der Waals surface area contributed by atoms with Crippen LogP contribution in [0.3, 0.4) is 0 Å². The predicted octanol–water partition coefficient (Wildman–Crippen LogP) is 2.78. The van der Waals surface area contributed by atoms with Crippen LogP contribution in [0.15, 0.2) is 81.8 Å². The van der Waals surface area contributed by atoms with E-state index in [-0.39, 0.29) is 22.8 Å². The Hall–Kier alpha value is -4.47. The molecule has 0 aliphatic rings. The highest BCUT2D eigenvalue weighted by molar-refractivity contribution is 5.92. The first-order chi connectivity index (χ1) is 14.2. The largest absolute Gasteiger partial charge is 0.472 e. The summed E-state index contributed by atoms with van der Waals surface area (Å²) in [4.78, 5) is 24.4. The van der Waals surface area contributed by atoms with Crippen molar-refractivity contribution in [2.75, 3.05) is 0 Å². The van der Waals surface area contributed by atoms with Crippen molar-refractivity contribution in [1.82, 2.24) is 14.9 Å². The van der Waals surface area contributed by atoms with Crippen LogP contribution in [0.1, 0.15) is 26.5 Å². The molecule has 29 heavy (non-hydrogen) atoms. The number of furan rings is 2. The van der Waals surface area contributed by atoms with Gasteiger partial charge in [-0.2, -0.15) is 5.10 Å². The van der Waals surface area contributed by atoms with Gasteiger partial charge in [-0.3, -0.25) is 0 Å². The molecule has 4 aromatic rings. The van der Waals surface area contributed by atoms with Crippen LogP contribution in [-0.2, 0) is 0 Å². The summed E-state index contributed by atoms with van der Waals surface area (Å²) in [6.07, 6.45) is 8.21. The number of carbonyl (C=O) groups is 2. The van der Waals surface area contributed by atoms with Crippen LogP contribution >= 0.6 is 0 Å². The standard InChI is InChI=1S/C19H12N4O6/c24-18(14-5-7-26-10-14)28-15-4-3-13(9-22-23-11-20-21-12-23)17(8-15)29-19(25)16-2-1-6-27-16/h1-12H/b22-9+. The molecule has 1 aromatic carbocycles. The van der Waals surface area contributed by atoms with Crippen molar-refractivity contribution in [2.24, 2.45) is 5.10 Å². The monoisotopic (exact) mass is 392 g/mol. The van der Waals surface area contributed by atoms with Gasteiger partial charge in [0.25, 0.3) is 0 Å². The molecule has 0 bridgehead atoms. The first-order valence-electron chi connectivity index (χ1n) is 8.22. The van der Waals surface area contributed by atoms with Crippen LogP contribution in [0.5, 0.6) is 11.5 Å². The van der Waals surface area contributed by atoms with Gasteiger partial charge in [-0.25, -0.2) is 14.3 Å². The maximum atomic E-state index is 12.3. The molecule has 10 nitrogen and oxygen atoms in total. The van der Waals surface area contributed by atoms with E-state index in [0.717, 1.165) is 0 Å². The summed E-state index contributed by atoms with van der Waals surface area (Å²) in [5, 5.41) is 11.4. The predicted molar refractivity (Wildman–Crippen MR) is 96.8 cm³/mol. The van der Waals surface area contributed by atoms with Crippen LogP contribution in [0.4, 0.5) is 0 Å². The van der Waals surface area contributed by atoms with Crippen molar-refractivity contribution in [2.45, 2.75) is 0 Å². The van der Waals surface area contributed by atoms with E-state index in [1.54, 1.807) is 12.1 Å². The van der Waals surface area contributed by atoms with Crippen LogP contribution in [0.25, 0.3) is 0 Å². The van der Waals surface area contributed by atoms with Gasteiger partial charge in [0.1, 0.15) is 30.4 Å². The summed E-state index contributed by atoms with van der Waals surface area (Å²) in [6, 6.07) is 9.02. The number of hydrogen-bond acceptors (Lipinski definition) is 9. The van der Waals surface area contributed by atoms with Gasteiger partial charge in [-0.05, 0) is 30.3 Å². The van der Waals surface area contributed by atoms with E-state index in [4.69, 9.17) is 18.3 Å². The molecule has 10 heteroatoms. The quantitative estimate of drug-likeness (QED) is 0.279. The average molecular weight is 392 g/mol. The maximum Gasteiger partial charge on any atom is 0.379 e. The lowest BCUT2D eigenvalue weighted by Crippen LogP contribution is -2.10. The molecule has 0 saturated heterocycles. The molecule has 0 atom stereocenters. The van der Waals surface area contributed by atoms with Crippen LogP contribution in [0, 0.1) is 0 Å². The normalized spacial score (nSPS) is 10.9. The van der Waals surface area contributed by atoms with Crippen LogP contribution in [-0.4, -0.2) is 33.0 Å². The first kappa shape index (κ1) is 17.9. The van der Waals surface area contributed by atoms with Gasteiger partial charge in [0.15, 0.2) is 0 Å². The Balaban J connectivity index is 1.61. The van der Waals surface area contributed by atoms with E-state index < -0.39 is 11.9 Å². The fourth-order valence-electron chi connectivity index (χ4n) is 2.25. The van der Waals surface area contributed by atoms with Gasteiger partial charge in [0.05, 0.1) is 24.3 Å². The molecule has 0 saturated carbocycles. The van der Waals surface area contributed by atoms with Crippen molar-refractivity contribution in [3.63, 3.8) is 0 Å². The summed E-state index contributed by atoms with van der Waals surface area (Å²) in [6.45, 7) is 0. The molecule has 0 aliphatic heterocycles. The summed E-state index contributed by atoms with van der Waals surface area (Å²) >= 11 is 0. The number of ether oxygens (including phenoxy) is 2. The van der Waals surface area contributed by atoms with E-state index >= 15 is 0 Å². The molecule has 144 valence electrons. The van der Waals surface area contributed by atoms with Gasteiger partial charge in [-0.15, -0.1) is 10.2 Å². The summed E-state index contributed by atoms with van der Waals surface area (Å²) in [5.41, 5.74) is 0.694. The Morgan fingerprint density at radius 1 is 1.03 bits per heavy atom. The number of rotatable bonds is 6. The third-order valence-corrected chi connectivity index (χ3v) is 3.61. The smallest absolute Gasteiger partial charge is 0.379 e. The zero-order valence-corrected chi connectivity index (χ0v) is 14.7. The number of esters is 2. The van der Waals surface area contributed by atoms with E-state index in [0.29, 0.717) is 5.56 Å². The molecule has 4 rings (SSSR count). The maximum absolute atomic E-state index is 12.3. The molecular weight excluding hydrogens is 380 g/mol. The molecule has 0 radical (unpaired) electrons. The Morgan fingerprint density at radius 3 is 2.62 bits per heavy atom. The van der Waals surface area contributed by atoms with Gasteiger partial charge in [0.2, 0.25) is 5.76 Å². The highest BCUT2D eigenvalue weighted by atomic mass is 16.6. The lowest BCUT2D eigenvalue weighted by atomic mass is 10.2. The van der Waals surface area contributed by atoms with Crippen molar-refractivity contribution in [3.8, 4) is 11.5 Å². The van der Waals surface area contributed by atoms with Gasteiger partial charge < -0.3 is 18.3 Å². The molecule has 3 heterocycles. The third-order valence-electron chi connectivity index (χ3n) is 3.61. The Labute approximate surface area is 163 Å². The SMILES string of the molecule is O=C(Oc1ccc(/C=N/n2cnnc2)c(OC(=O)c2ccco2)c1)c1ccoc1. The van der Waals surface area contributed by atoms with Crippen LogP contribution in [0.2, 0.25) is 0 Å². The molecule has 0 amide bonds. The minimum absolute atomic E-state index is 0.0208. The van der Waals surface area contributed by atoms with Crippen molar-refractivity contribution in [3.05, 3.63) is 84.7 Å². The number of aromatic nitrogens is 3. The fourth-order valence-corrected chi connectivity index (χ4v) is 2.25. The minimum Gasteiger partial charge on any atom is -0.472 e. The zero-order chi connectivity index (χ0) is 20.1. The second-order valence-corrected chi connectivity index (χ2v) is 5.55. The Bertz CT molecular complexity index is 1130. The van der Waals surface area contributed by atoms with Crippen molar-refractivity contribution >= 4 is 18.2 Å². The van der Waals surface area contributed by atoms with Gasteiger partial charge >= 0.3 is 11.9 Å². The van der Waals surface area contributed by atoms with Gasteiger partial charge in [0, 0.05) is 11.6 Å². The zero-order valence-electron chi connectivity index (χ0n) is 14.7. The number of benzene rings is 1. The third kappa shape index (κ3) is 4.27. The molecular formula is C19H12N4O6. The molecule has 0 spiro atoms. The molecule has 0 unspecified atom stereocenters. The first-order valence-corrected chi connectivity index (χ1v) is 8.22. The number of nitrogens with zero attached hydrogens (tertiary/aromatic N) is 4. The summed E-state index contributed by atoms with van der Waals surface area (Å²) in [7, 11) is 0.